The maximum Gasteiger partial charge on any atom is 0.165 e. The largest absolute Gasteiger partial charge is 0.515 e. The van der Waals surface area contributed by atoms with Gasteiger partial charge in [0.1, 0.15) is 5.75 Å². The second-order valence-electron chi connectivity index (χ2n) is 6.91. The summed E-state index contributed by atoms with van der Waals surface area (Å²) in [5, 5.41) is 26.8. The quantitative estimate of drug-likeness (QED) is 0.556. The summed E-state index contributed by atoms with van der Waals surface area (Å²) in [5.74, 6) is 0.170. The van der Waals surface area contributed by atoms with E-state index in [9.17, 15) is 15.0 Å². The van der Waals surface area contributed by atoms with Gasteiger partial charge in [-0.15, -0.1) is 0 Å². The number of aromatic amines is 1. The first kappa shape index (κ1) is 15.0. The third-order valence-corrected chi connectivity index (χ3v) is 5.84. The Morgan fingerprint density at radius 2 is 2.08 bits per heavy atom. The van der Waals surface area contributed by atoms with Crippen LogP contribution in [0.5, 0.6) is 5.75 Å². The van der Waals surface area contributed by atoms with E-state index in [0.717, 1.165) is 35.9 Å². The number of allylic oxidation sites excluding steroid dienone is 1. The summed E-state index contributed by atoms with van der Waals surface area (Å²) >= 11 is 0. The Bertz CT molecular complexity index is 821. The monoisotopic (exact) mass is 324 g/mol. The molecule has 1 aromatic heterocycles. The van der Waals surface area contributed by atoms with Gasteiger partial charge < -0.3 is 10.2 Å². The highest BCUT2D eigenvalue weighted by Gasteiger charge is 2.55. The van der Waals surface area contributed by atoms with Gasteiger partial charge in [0.15, 0.2) is 5.78 Å². The molecule has 0 amide bonds. The molecule has 124 valence electrons. The SMILES string of the molecule is C[C@@H]1C(=O)/C(=C\O)C[C@]2(c3ccc(O)cc3)c3n[nH]cc3CC[C@@H]12. The molecule has 5 heteroatoms. The van der Waals surface area contributed by atoms with Crippen molar-refractivity contribution in [1.29, 1.82) is 0 Å². The van der Waals surface area contributed by atoms with E-state index in [-0.39, 0.29) is 23.4 Å². The van der Waals surface area contributed by atoms with Crippen molar-refractivity contribution in [2.24, 2.45) is 11.8 Å². The van der Waals surface area contributed by atoms with E-state index < -0.39 is 5.41 Å². The fourth-order valence-electron chi connectivity index (χ4n) is 4.70. The van der Waals surface area contributed by atoms with Gasteiger partial charge in [0.2, 0.25) is 0 Å². The number of aliphatic hydroxyl groups excluding tert-OH is 1. The Kier molecular flexibility index (Phi) is 3.27. The maximum atomic E-state index is 12.6. The Labute approximate surface area is 140 Å². The molecule has 2 aliphatic carbocycles. The van der Waals surface area contributed by atoms with E-state index in [2.05, 4.69) is 10.2 Å². The first-order valence-corrected chi connectivity index (χ1v) is 8.28. The van der Waals surface area contributed by atoms with E-state index in [1.54, 1.807) is 12.1 Å². The first-order chi connectivity index (χ1) is 11.6. The number of ketones is 1. The Hall–Kier alpha value is -2.56. The van der Waals surface area contributed by atoms with Gasteiger partial charge in [-0.25, -0.2) is 0 Å². The number of Topliss-reactive ketones (excluding diaryl/α,β-unsaturated/α-hetero) is 1. The van der Waals surface area contributed by atoms with E-state index in [4.69, 9.17) is 0 Å². The van der Waals surface area contributed by atoms with Gasteiger partial charge in [0.05, 0.1) is 12.0 Å². The number of rotatable bonds is 1. The fraction of sp³-hybridized carbons (Fsp3) is 0.368. The predicted octanol–water partition coefficient (Wildman–Crippen LogP) is 3.01. The van der Waals surface area contributed by atoms with Gasteiger partial charge in [-0.05, 0) is 48.4 Å². The zero-order valence-corrected chi connectivity index (χ0v) is 13.5. The number of nitrogens with one attached hydrogen (secondary N) is 1. The number of hydrogen-bond donors (Lipinski definition) is 3. The molecule has 0 aliphatic heterocycles. The number of phenolic OH excluding ortho intramolecular Hbond substituents is 1. The highest BCUT2D eigenvalue weighted by atomic mass is 16.3. The van der Waals surface area contributed by atoms with Crippen LogP contribution in [0.3, 0.4) is 0 Å². The number of carbonyl (C=O) groups excluding carboxylic acids is 1. The first-order valence-electron chi connectivity index (χ1n) is 8.28. The average Bonchev–Trinajstić information content (AvgIpc) is 3.08. The predicted molar refractivity (Wildman–Crippen MR) is 88.8 cm³/mol. The number of fused-ring (bicyclic) bond motifs is 3. The zero-order valence-electron chi connectivity index (χ0n) is 13.5. The van der Waals surface area contributed by atoms with E-state index in [1.807, 2.05) is 25.3 Å². The number of aromatic hydroxyl groups is 1. The van der Waals surface area contributed by atoms with Gasteiger partial charge in [-0.3, -0.25) is 9.89 Å². The van der Waals surface area contributed by atoms with Crippen LogP contribution in [0.4, 0.5) is 0 Å². The van der Waals surface area contributed by atoms with Crippen molar-refractivity contribution in [3.63, 3.8) is 0 Å². The van der Waals surface area contributed by atoms with Crippen LogP contribution in [-0.2, 0) is 16.6 Å². The normalized spacial score (nSPS) is 30.9. The topological polar surface area (TPSA) is 86.2 Å². The number of aromatic nitrogens is 2. The number of benzene rings is 1. The number of aryl methyl sites for hydroxylation is 1. The average molecular weight is 324 g/mol. The van der Waals surface area contributed by atoms with E-state index in [0.29, 0.717) is 12.0 Å². The molecule has 1 saturated carbocycles. The fourth-order valence-corrected chi connectivity index (χ4v) is 4.70. The summed E-state index contributed by atoms with van der Waals surface area (Å²) in [4.78, 5) is 12.6. The number of nitrogens with zero attached hydrogens (tertiary/aromatic N) is 1. The van der Waals surface area contributed by atoms with Crippen molar-refractivity contribution in [2.75, 3.05) is 0 Å². The Morgan fingerprint density at radius 1 is 1.33 bits per heavy atom. The van der Waals surface area contributed by atoms with Crippen molar-refractivity contribution in [1.82, 2.24) is 10.2 Å². The van der Waals surface area contributed by atoms with Crippen molar-refractivity contribution in [3.8, 4) is 5.75 Å². The molecule has 2 aromatic rings. The standard InChI is InChI=1S/C19H20N2O3/c1-11-16-7-2-12-9-20-21-18(12)19(16,8-13(10-22)17(11)24)14-3-5-15(23)6-4-14/h3-6,9-11,16,22-23H,2,7-8H2,1H3,(H,20,21)/b13-10-/t11-,16-,19+/m0/s1. The molecule has 3 N–H and O–H groups in total. The number of phenols is 1. The molecule has 1 fully saturated rings. The van der Waals surface area contributed by atoms with Gasteiger partial charge >= 0.3 is 0 Å². The summed E-state index contributed by atoms with van der Waals surface area (Å²) < 4.78 is 0. The molecule has 0 radical (unpaired) electrons. The maximum absolute atomic E-state index is 12.6. The van der Waals surface area contributed by atoms with Crippen LogP contribution in [-0.4, -0.2) is 26.2 Å². The van der Waals surface area contributed by atoms with Crippen molar-refractivity contribution < 1.29 is 15.0 Å². The summed E-state index contributed by atoms with van der Waals surface area (Å²) in [6.07, 6.45) is 5.11. The van der Waals surface area contributed by atoms with Crippen LogP contribution >= 0.6 is 0 Å². The van der Waals surface area contributed by atoms with Gasteiger partial charge in [0.25, 0.3) is 0 Å². The minimum absolute atomic E-state index is 0.0240. The van der Waals surface area contributed by atoms with Crippen LogP contribution in [0.25, 0.3) is 0 Å². The third kappa shape index (κ3) is 1.87. The van der Waals surface area contributed by atoms with Crippen molar-refractivity contribution >= 4 is 5.78 Å². The summed E-state index contributed by atoms with van der Waals surface area (Å²) in [6.45, 7) is 1.95. The van der Waals surface area contributed by atoms with Crippen LogP contribution in [0, 0.1) is 11.8 Å². The molecule has 1 aromatic carbocycles. The van der Waals surface area contributed by atoms with Gasteiger partial charge in [0, 0.05) is 23.1 Å². The van der Waals surface area contributed by atoms with Crippen LogP contribution in [0.15, 0.2) is 42.3 Å². The molecule has 0 bridgehead atoms. The van der Waals surface area contributed by atoms with Gasteiger partial charge in [-0.2, -0.15) is 5.10 Å². The molecule has 4 rings (SSSR count). The third-order valence-electron chi connectivity index (χ3n) is 5.84. The lowest BCUT2D eigenvalue weighted by Crippen LogP contribution is -2.50. The van der Waals surface area contributed by atoms with Crippen LogP contribution in [0.2, 0.25) is 0 Å². The number of hydrogen-bond acceptors (Lipinski definition) is 4. The van der Waals surface area contributed by atoms with Crippen LogP contribution in [0.1, 0.15) is 36.6 Å². The van der Waals surface area contributed by atoms with Crippen LogP contribution < -0.4 is 0 Å². The molecule has 3 atom stereocenters. The molecule has 24 heavy (non-hydrogen) atoms. The summed E-state index contributed by atoms with van der Waals surface area (Å²) in [5.41, 5.74) is 3.14. The van der Waals surface area contributed by atoms with Crippen molar-refractivity contribution in [3.05, 3.63) is 59.1 Å². The molecular formula is C19H20N2O3. The number of carbonyl (C=O) groups is 1. The lowest BCUT2D eigenvalue weighted by atomic mass is 9.52. The number of H-pyrrole nitrogens is 1. The highest BCUT2D eigenvalue weighted by Crippen LogP contribution is 2.55. The Morgan fingerprint density at radius 3 is 2.79 bits per heavy atom. The second-order valence-corrected chi connectivity index (χ2v) is 6.91. The number of aliphatic hydroxyl groups is 1. The second kappa shape index (κ2) is 5.23. The molecule has 5 nitrogen and oxygen atoms in total. The van der Waals surface area contributed by atoms with E-state index >= 15 is 0 Å². The van der Waals surface area contributed by atoms with E-state index in [1.165, 1.54) is 0 Å². The lowest BCUT2D eigenvalue weighted by molar-refractivity contribution is -0.123. The van der Waals surface area contributed by atoms with Crippen molar-refractivity contribution in [2.45, 2.75) is 31.6 Å². The molecule has 2 aliphatic rings. The summed E-state index contributed by atoms with van der Waals surface area (Å²) in [6, 6.07) is 7.16. The molecular weight excluding hydrogens is 304 g/mol. The molecule has 0 spiro atoms. The lowest BCUT2D eigenvalue weighted by Gasteiger charge is -2.49. The molecule has 0 saturated heterocycles. The summed E-state index contributed by atoms with van der Waals surface area (Å²) in [7, 11) is 0. The minimum Gasteiger partial charge on any atom is -0.515 e. The zero-order chi connectivity index (χ0) is 16.9. The molecule has 0 unspecified atom stereocenters. The Balaban J connectivity index is 1.99. The minimum atomic E-state index is -0.455. The smallest absolute Gasteiger partial charge is 0.165 e. The highest BCUT2D eigenvalue weighted by molar-refractivity contribution is 5.98. The van der Waals surface area contributed by atoms with Gasteiger partial charge in [-0.1, -0.05) is 19.1 Å². The molecule has 1 heterocycles.